The molecule has 6 nitrogen and oxygen atoms in total. The molecule has 0 N–H and O–H groups in total. The van der Waals surface area contributed by atoms with Gasteiger partial charge < -0.3 is 4.74 Å². The lowest BCUT2D eigenvalue weighted by Crippen LogP contribution is -2.51. The van der Waals surface area contributed by atoms with E-state index in [-0.39, 0.29) is 11.1 Å². The second-order valence-electron chi connectivity index (χ2n) is 9.96. The standard InChI is InChI=1S/C32H20BrNO5/c33-21-14-16-22(17-15-21)34-30(37)25-26(31(34)38)32(28(35)23-8-4-5-9-24(23)29(32)36)39-27(25)20-12-10-19(11-13-20)18-6-2-1-3-7-18/h1-17,25-27H/t25-,26-,27-/m0/s1. The van der Waals surface area contributed by atoms with E-state index in [0.29, 0.717) is 11.3 Å². The largest absolute Gasteiger partial charge is 0.349 e. The van der Waals surface area contributed by atoms with Crippen LogP contribution in [0.1, 0.15) is 32.4 Å². The molecule has 4 aromatic carbocycles. The number of ether oxygens (including phenoxy) is 1. The highest BCUT2D eigenvalue weighted by molar-refractivity contribution is 9.10. The summed E-state index contributed by atoms with van der Waals surface area (Å²) in [6.07, 6.45) is -0.959. The Kier molecular flexibility index (Phi) is 5.30. The van der Waals surface area contributed by atoms with Crippen LogP contribution in [0, 0.1) is 11.8 Å². The highest BCUT2D eigenvalue weighted by Gasteiger charge is 2.74. The van der Waals surface area contributed by atoms with Crippen molar-refractivity contribution in [2.24, 2.45) is 11.8 Å². The second-order valence-corrected chi connectivity index (χ2v) is 10.9. The maximum absolute atomic E-state index is 14.0. The summed E-state index contributed by atoms with van der Waals surface area (Å²) in [7, 11) is 0. The number of carbonyl (C=O) groups is 4. The van der Waals surface area contributed by atoms with E-state index in [1.807, 2.05) is 54.6 Å². The number of Topliss-reactive ketones (excluding diaryl/α,β-unsaturated/α-hetero) is 2. The molecule has 7 rings (SSSR count). The number of hydrogen-bond donors (Lipinski definition) is 0. The molecule has 0 radical (unpaired) electrons. The molecule has 3 aliphatic rings. The van der Waals surface area contributed by atoms with Gasteiger partial charge in [-0.05, 0) is 41.0 Å². The van der Waals surface area contributed by atoms with Crippen molar-refractivity contribution < 1.29 is 23.9 Å². The molecule has 190 valence electrons. The number of anilines is 1. The summed E-state index contributed by atoms with van der Waals surface area (Å²) in [6.45, 7) is 0. The normalized spacial score (nSPS) is 23.0. The number of ketones is 2. The monoisotopic (exact) mass is 577 g/mol. The predicted molar refractivity (Wildman–Crippen MR) is 147 cm³/mol. The molecule has 0 unspecified atom stereocenters. The number of fused-ring (bicyclic) bond motifs is 3. The third kappa shape index (κ3) is 3.30. The topological polar surface area (TPSA) is 80.8 Å². The quantitative estimate of drug-likeness (QED) is 0.227. The van der Waals surface area contributed by atoms with E-state index >= 15 is 0 Å². The van der Waals surface area contributed by atoms with Gasteiger partial charge in [-0.1, -0.05) is 94.8 Å². The van der Waals surface area contributed by atoms with Crippen molar-refractivity contribution in [1.29, 1.82) is 0 Å². The number of benzene rings is 4. The summed E-state index contributed by atoms with van der Waals surface area (Å²) in [6, 6.07) is 30.6. The molecule has 2 saturated heterocycles. The van der Waals surface area contributed by atoms with Gasteiger partial charge in [0.25, 0.3) is 0 Å². The predicted octanol–water partition coefficient (Wildman–Crippen LogP) is 5.81. The SMILES string of the molecule is O=C1[C@H]2[C@@H](C(=O)N1c1ccc(Br)cc1)C1(O[C@H]2c2ccc(-c3ccccc3)cc2)C(=O)c2ccccc2C1=O. The summed E-state index contributed by atoms with van der Waals surface area (Å²) in [5, 5.41) is 0. The van der Waals surface area contributed by atoms with Gasteiger partial charge in [-0.25, -0.2) is 4.90 Å². The summed E-state index contributed by atoms with van der Waals surface area (Å²) in [4.78, 5) is 56.9. The van der Waals surface area contributed by atoms with Crippen LogP contribution in [0.5, 0.6) is 0 Å². The Labute approximate surface area is 232 Å². The molecule has 0 saturated carbocycles. The van der Waals surface area contributed by atoms with Crippen LogP contribution in [0.2, 0.25) is 0 Å². The Hall–Kier alpha value is -4.20. The fraction of sp³-hybridized carbons (Fsp3) is 0.125. The van der Waals surface area contributed by atoms with E-state index in [2.05, 4.69) is 15.9 Å². The molecule has 4 aromatic rings. The van der Waals surface area contributed by atoms with Gasteiger partial charge in [0.15, 0.2) is 0 Å². The van der Waals surface area contributed by atoms with Gasteiger partial charge in [0, 0.05) is 15.6 Å². The smallest absolute Gasteiger partial charge is 0.241 e. The zero-order valence-corrected chi connectivity index (χ0v) is 22.0. The van der Waals surface area contributed by atoms with Gasteiger partial charge in [-0.3, -0.25) is 19.2 Å². The molecule has 2 amide bonds. The Balaban J connectivity index is 1.36. The van der Waals surface area contributed by atoms with E-state index in [1.165, 1.54) is 0 Å². The minimum absolute atomic E-state index is 0.212. The van der Waals surface area contributed by atoms with Crippen molar-refractivity contribution in [2.45, 2.75) is 11.7 Å². The maximum atomic E-state index is 14.0. The molecule has 39 heavy (non-hydrogen) atoms. The van der Waals surface area contributed by atoms with Gasteiger partial charge in [-0.2, -0.15) is 0 Å². The molecule has 0 bridgehead atoms. The third-order valence-electron chi connectivity index (χ3n) is 7.95. The van der Waals surface area contributed by atoms with Crippen LogP contribution < -0.4 is 4.90 Å². The van der Waals surface area contributed by atoms with Crippen molar-refractivity contribution in [3.63, 3.8) is 0 Å². The van der Waals surface area contributed by atoms with Crippen LogP contribution in [0.3, 0.4) is 0 Å². The van der Waals surface area contributed by atoms with Crippen LogP contribution >= 0.6 is 15.9 Å². The van der Waals surface area contributed by atoms with Crippen LogP contribution in [-0.4, -0.2) is 29.0 Å². The number of imide groups is 1. The molecule has 3 atom stereocenters. The minimum Gasteiger partial charge on any atom is -0.349 e. The van der Waals surface area contributed by atoms with Crippen molar-refractivity contribution >= 4 is 45.0 Å². The fourth-order valence-corrected chi connectivity index (χ4v) is 6.42. The molecule has 2 aliphatic heterocycles. The first kappa shape index (κ1) is 23.9. The number of amides is 2. The molecule has 1 aliphatic carbocycles. The second kappa shape index (κ2) is 8.66. The highest BCUT2D eigenvalue weighted by atomic mass is 79.9. The van der Waals surface area contributed by atoms with Gasteiger partial charge in [0.2, 0.25) is 29.0 Å². The Bertz CT molecular complexity index is 1650. The molecule has 1 spiro atoms. The third-order valence-corrected chi connectivity index (χ3v) is 8.48. The highest BCUT2D eigenvalue weighted by Crippen LogP contribution is 2.57. The van der Waals surface area contributed by atoms with E-state index < -0.39 is 46.9 Å². The zero-order chi connectivity index (χ0) is 26.9. The first-order chi connectivity index (χ1) is 18.9. The Morgan fingerprint density at radius 2 is 1.21 bits per heavy atom. The Morgan fingerprint density at radius 3 is 1.82 bits per heavy atom. The molecule has 7 heteroatoms. The van der Waals surface area contributed by atoms with Crippen LogP contribution in [0.4, 0.5) is 5.69 Å². The van der Waals surface area contributed by atoms with E-state index in [4.69, 9.17) is 4.74 Å². The number of rotatable bonds is 3. The van der Waals surface area contributed by atoms with E-state index in [0.717, 1.165) is 20.5 Å². The van der Waals surface area contributed by atoms with Crippen LogP contribution in [0.15, 0.2) is 108 Å². The summed E-state index contributed by atoms with van der Waals surface area (Å²) >= 11 is 3.38. The molecular formula is C32H20BrNO5. The molecule has 0 aromatic heterocycles. The van der Waals surface area contributed by atoms with Crippen LogP contribution in [0.25, 0.3) is 11.1 Å². The molecular weight excluding hydrogens is 558 g/mol. The fourth-order valence-electron chi connectivity index (χ4n) is 6.16. The van der Waals surface area contributed by atoms with Gasteiger partial charge >= 0.3 is 0 Å². The number of hydrogen-bond acceptors (Lipinski definition) is 5. The zero-order valence-electron chi connectivity index (χ0n) is 20.4. The van der Waals surface area contributed by atoms with Gasteiger partial charge in [-0.15, -0.1) is 0 Å². The lowest BCUT2D eigenvalue weighted by molar-refractivity contribution is -0.127. The van der Waals surface area contributed by atoms with Gasteiger partial charge in [0.1, 0.15) is 0 Å². The van der Waals surface area contributed by atoms with Crippen LogP contribution in [-0.2, 0) is 14.3 Å². The van der Waals surface area contributed by atoms with Crippen molar-refractivity contribution in [1.82, 2.24) is 0 Å². The number of carbonyl (C=O) groups excluding carboxylic acids is 4. The Morgan fingerprint density at radius 1 is 0.641 bits per heavy atom. The van der Waals surface area contributed by atoms with Crippen molar-refractivity contribution in [2.75, 3.05) is 4.90 Å². The summed E-state index contributed by atoms with van der Waals surface area (Å²) in [5.74, 6) is -4.55. The minimum atomic E-state index is -2.09. The molecule has 2 fully saturated rings. The van der Waals surface area contributed by atoms with Gasteiger partial charge in [0.05, 0.1) is 23.6 Å². The first-order valence-electron chi connectivity index (χ1n) is 12.6. The number of nitrogens with zero attached hydrogens (tertiary/aromatic N) is 1. The number of halogens is 1. The first-order valence-corrected chi connectivity index (χ1v) is 13.4. The molecule has 2 heterocycles. The van der Waals surface area contributed by atoms with E-state index in [1.54, 1.807) is 48.5 Å². The average Bonchev–Trinajstić information content (AvgIpc) is 3.54. The van der Waals surface area contributed by atoms with Crippen molar-refractivity contribution in [3.05, 3.63) is 124 Å². The maximum Gasteiger partial charge on any atom is 0.241 e. The lowest BCUT2D eigenvalue weighted by atomic mass is 9.77. The van der Waals surface area contributed by atoms with E-state index in [9.17, 15) is 19.2 Å². The lowest BCUT2D eigenvalue weighted by Gasteiger charge is -2.27. The summed E-state index contributed by atoms with van der Waals surface area (Å²) < 4.78 is 7.17. The van der Waals surface area contributed by atoms with Crippen molar-refractivity contribution in [3.8, 4) is 11.1 Å². The summed E-state index contributed by atoms with van der Waals surface area (Å²) in [5.41, 5.74) is 1.33. The average molecular weight is 578 g/mol.